The Kier molecular flexibility index (Phi) is 6.11. The van der Waals surface area contributed by atoms with Crippen molar-refractivity contribution in [2.24, 2.45) is 0 Å². The molecule has 1 heterocycles. The molecule has 7 heteroatoms. The van der Waals surface area contributed by atoms with Gasteiger partial charge in [0.05, 0.1) is 6.61 Å². The van der Waals surface area contributed by atoms with E-state index in [1.807, 2.05) is 19.0 Å². The van der Waals surface area contributed by atoms with Crippen molar-refractivity contribution in [1.29, 1.82) is 0 Å². The number of hydrogen-bond acceptors (Lipinski definition) is 4. The molecule has 3 rings (SSSR count). The second-order valence-corrected chi connectivity index (χ2v) is 7.61. The van der Waals surface area contributed by atoms with Crippen LogP contribution in [-0.4, -0.2) is 67.2 Å². The smallest absolute Gasteiger partial charge is 0.256 e. The summed E-state index contributed by atoms with van der Waals surface area (Å²) in [6.45, 7) is 1.42. The van der Waals surface area contributed by atoms with Crippen LogP contribution in [0.4, 0.5) is 4.39 Å². The Hall–Kier alpha value is -1.99. The summed E-state index contributed by atoms with van der Waals surface area (Å²) in [6.07, 6.45) is 4.47. The Labute approximate surface area is 159 Å². The highest BCUT2D eigenvalue weighted by molar-refractivity contribution is 5.98. The van der Waals surface area contributed by atoms with Crippen LogP contribution >= 0.6 is 0 Å². The quantitative estimate of drug-likeness (QED) is 0.853. The van der Waals surface area contributed by atoms with E-state index in [1.165, 1.54) is 24.3 Å². The molecule has 0 unspecified atom stereocenters. The number of benzene rings is 1. The number of carbonyl (C=O) groups is 2. The Balaban J connectivity index is 1.83. The maximum atomic E-state index is 13.3. The molecule has 6 nitrogen and oxygen atoms in total. The molecule has 1 aliphatic carbocycles. The lowest BCUT2D eigenvalue weighted by molar-refractivity contribution is -0.127. The van der Waals surface area contributed by atoms with Crippen molar-refractivity contribution in [1.82, 2.24) is 15.1 Å². The minimum Gasteiger partial charge on any atom is -0.353 e. The summed E-state index contributed by atoms with van der Waals surface area (Å²) in [4.78, 5) is 29.7. The van der Waals surface area contributed by atoms with Crippen molar-refractivity contribution < 1.29 is 18.7 Å². The fourth-order valence-corrected chi connectivity index (χ4v) is 3.92. The highest BCUT2D eigenvalue weighted by atomic mass is 19.1. The van der Waals surface area contributed by atoms with Gasteiger partial charge in [0.2, 0.25) is 5.91 Å². The topological polar surface area (TPSA) is 61.9 Å². The molecular weight excluding hydrogens is 349 g/mol. The van der Waals surface area contributed by atoms with Crippen LogP contribution in [0.25, 0.3) is 0 Å². The third-order valence-electron chi connectivity index (χ3n) is 5.37. The number of carbonyl (C=O) groups excluding carboxylic acids is 2. The predicted molar refractivity (Wildman–Crippen MR) is 99.7 cm³/mol. The van der Waals surface area contributed by atoms with Crippen LogP contribution in [0.1, 0.15) is 42.5 Å². The van der Waals surface area contributed by atoms with E-state index in [4.69, 9.17) is 4.74 Å². The normalized spacial score (nSPS) is 21.6. The number of ether oxygens (including phenoxy) is 1. The zero-order valence-electron chi connectivity index (χ0n) is 16.0. The first kappa shape index (κ1) is 19.8. The summed E-state index contributed by atoms with van der Waals surface area (Å²) in [5, 5.41) is 2.91. The molecule has 1 aromatic rings. The lowest BCUT2D eigenvalue weighted by Gasteiger charge is -2.41. The summed E-state index contributed by atoms with van der Waals surface area (Å²) in [5.74, 6) is -0.869. The number of rotatable bonds is 5. The van der Waals surface area contributed by atoms with E-state index in [1.54, 1.807) is 4.90 Å². The second-order valence-electron chi connectivity index (χ2n) is 7.61. The molecule has 1 spiro atoms. The molecule has 0 radical (unpaired) electrons. The van der Waals surface area contributed by atoms with Gasteiger partial charge in [-0.25, -0.2) is 4.39 Å². The standard InChI is InChI=1S/C20H28FN3O3/c1-23(2)13-12-22-18(25)17-14-27-20(10-4-3-5-11-20)24(17)19(26)15-6-8-16(21)9-7-15/h6-9,17H,3-5,10-14H2,1-2H3,(H,22,25)/t17-/m1/s1. The van der Waals surface area contributed by atoms with Crippen molar-refractivity contribution in [3.05, 3.63) is 35.6 Å². The lowest BCUT2D eigenvalue weighted by atomic mass is 9.89. The minimum atomic E-state index is -0.729. The van der Waals surface area contributed by atoms with Crippen LogP contribution in [-0.2, 0) is 9.53 Å². The number of halogens is 1. The monoisotopic (exact) mass is 377 g/mol. The van der Waals surface area contributed by atoms with Gasteiger partial charge < -0.3 is 15.0 Å². The maximum Gasteiger partial charge on any atom is 0.256 e. The lowest BCUT2D eigenvalue weighted by Crippen LogP contribution is -2.56. The molecule has 1 saturated carbocycles. The van der Waals surface area contributed by atoms with Gasteiger partial charge in [-0.1, -0.05) is 6.42 Å². The van der Waals surface area contributed by atoms with Crippen LogP contribution in [0.3, 0.4) is 0 Å². The van der Waals surface area contributed by atoms with E-state index in [9.17, 15) is 14.0 Å². The molecule has 27 heavy (non-hydrogen) atoms. The van der Waals surface area contributed by atoms with Crippen LogP contribution in [0.2, 0.25) is 0 Å². The number of likely N-dealkylation sites (N-methyl/N-ethyl adjacent to an activating group) is 1. The van der Waals surface area contributed by atoms with Crippen LogP contribution < -0.4 is 5.32 Å². The third kappa shape index (κ3) is 4.30. The molecule has 0 aromatic heterocycles. The molecule has 2 aliphatic rings. The largest absolute Gasteiger partial charge is 0.353 e. The molecule has 1 aromatic carbocycles. The summed E-state index contributed by atoms with van der Waals surface area (Å²) in [7, 11) is 3.87. The van der Waals surface area contributed by atoms with Gasteiger partial charge in [-0.05, 0) is 64.0 Å². The summed E-state index contributed by atoms with van der Waals surface area (Å²) in [5.41, 5.74) is -0.356. The molecule has 1 aliphatic heterocycles. The summed E-state index contributed by atoms with van der Waals surface area (Å²) >= 11 is 0. The van der Waals surface area contributed by atoms with Crippen molar-refractivity contribution in [2.45, 2.75) is 43.9 Å². The average Bonchev–Trinajstić information content (AvgIpc) is 3.00. The summed E-state index contributed by atoms with van der Waals surface area (Å²) in [6, 6.07) is 4.80. The fourth-order valence-electron chi connectivity index (χ4n) is 3.92. The molecule has 2 fully saturated rings. The highest BCUT2D eigenvalue weighted by Gasteiger charge is 2.52. The predicted octanol–water partition coefficient (Wildman–Crippen LogP) is 2.00. The summed E-state index contributed by atoms with van der Waals surface area (Å²) < 4.78 is 19.3. The molecule has 1 atom stereocenters. The Morgan fingerprint density at radius 3 is 2.52 bits per heavy atom. The van der Waals surface area contributed by atoms with E-state index >= 15 is 0 Å². The van der Waals surface area contributed by atoms with Gasteiger partial charge in [0.1, 0.15) is 17.6 Å². The fraction of sp³-hybridized carbons (Fsp3) is 0.600. The van der Waals surface area contributed by atoms with E-state index in [0.717, 1.165) is 38.6 Å². The van der Waals surface area contributed by atoms with Gasteiger partial charge in [-0.2, -0.15) is 0 Å². The molecule has 2 amide bonds. The minimum absolute atomic E-state index is 0.195. The first-order valence-electron chi connectivity index (χ1n) is 9.59. The first-order valence-corrected chi connectivity index (χ1v) is 9.59. The van der Waals surface area contributed by atoms with Gasteiger partial charge in [0.15, 0.2) is 0 Å². The van der Waals surface area contributed by atoms with Crippen LogP contribution in [0.5, 0.6) is 0 Å². The van der Waals surface area contributed by atoms with E-state index in [2.05, 4.69) is 5.32 Å². The number of hydrogen-bond donors (Lipinski definition) is 1. The maximum absolute atomic E-state index is 13.3. The number of nitrogens with zero attached hydrogens (tertiary/aromatic N) is 2. The molecule has 1 N–H and O–H groups in total. The SMILES string of the molecule is CN(C)CCNC(=O)[C@H]1COC2(CCCCC2)N1C(=O)c1ccc(F)cc1. The Morgan fingerprint density at radius 1 is 1.22 bits per heavy atom. The van der Waals surface area contributed by atoms with Crippen molar-refractivity contribution in [3.63, 3.8) is 0 Å². The molecule has 1 saturated heterocycles. The molecule has 0 bridgehead atoms. The number of nitrogens with one attached hydrogen (secondary N) is 1. The molecule has 148 valence electrons. The van der Waals surface area contributed by atoms with Gasteiger partial charge in [-0.3, -0.25) is 14.5 Å². The first-order chi connectivity index (χ1) is 12.9. The van der Waals surface area contributed by atoms with Crippen LogP contribution in [0.15, 0.2) is 24.3 Å². The van der Waals surface area contributed by atoms with E-state index in [-0.39, 0.29) is 18.4 Å². The second kappa shape index (κ2) is 8.35. The average molecular weight is 377 g/mol. The van der Waals surface area contributed by atoms with Crippen molar-refractivity contribution in [3.8, 4) is 0 Å². The number of amides is 2. The van der Waals surface area contributed by atoms with Crippen molar-refractivity contribution in [2.75, 3.05) is 33.8 Å². The van der Waals surface area contributed by atoms with Gasteiger partial charge in [-0.15, -0.1) is 0 Å². The van der Waals surface area contributed by atoms with E-state index in [0.29, 0.717) is 12.1 Å². The zero-order chi connectivity index (χ0) is 19.4. The van der Waals surface area contributed by atoms with Crippen LogP contribution in [0, 0.1) is 5.82 Å². The third-order valence-corrected chi connectivity index (χ3v) is 5.37. The van der Waals surface area contributed by atoms with Gasteiger partial charge in [0, 0.05) is 18.7 Å². The Morgan fingerprint density at radius 2 is 1.89 bits per heavy atom. The zero-order valence-corrected chi connectivity index (χ0v) is 16.0. The molecular formula is C20H28FN3O3. The van der Waals surface area contributed by atoms with Gasteiger partial charge >= 0.3 is 0 Å². The van der Waals surface area contributed by atoms with Gasteiger partial charge in [0.25, 0.3) is 5.91 Å². The highest BCUT2D eigenvalue weighted by Crippen LogP contribution is 2.41. The van der Waals surface area contributed by atoms with E-state index < -0.39 is 17.6 Å². The Bertz CT molecular complexity index is 672. The van der Waals surface area contributed by atoms with Crippen molar-refractivity contribution >= 4 is 11.8 Å².